The van der Waals surface area contributed by atoms with Gasteiger partial charge in [-0.25, -0.2) is 4.98 Å². The molecule has 0 aliphatic heterocycles. The lowest BCUT2D eigenvalue weighted by atomic mass is 10.0. The Hall–Kier alpha value is -0.990. The molecule has 0 radical (unpaired) electrons. The van der Waals surface area contributed by atoms with Crippen LogP contribution < -0.4 is 5.32 Å². The number of H-pyrrole nitrogens is 1. The first-order chi connectivity index (χ1) is 7.08. The number of hydrogen-bond donors (Lipinski definition) is 2. The average Bonchev–Trinajstić information content (AvgIpc) is 2.50. The third-order valence-electron chi connectivity index (χ3n) is 2.50. The average molecular weight is 209 g/mol. The van der Waals surface area contributed by atoms with Crippen LogP contribution in [0.25, 0.3) is 0 Å². The summed E-state index contributed by atoms with van der Waals surface area (Å²) in [7, 11) is 0. The van der Waals surface area contributed by atoms with Crippen LogP contribution in [0.15, 0.2) is 6.20 Å². The minimum absolute atomic E-state index is 0.495. The minimum atomic E-state index is 0.495. The maximum absolute atomic E-state index is 4.23. The molecule has 0 bridgehead atoms. The summed E-state index contributed by atoms with van der Waals surface area (Å²) in [6, 6.07) is 0.495. The number of imidazole rings is 1. The minimum Gasteiger partial charge on any atom is -0.353 e. The molecule has 1 aromatic rings. The van der Waals surface area contributed by atoms with E-state index in [0.29, 0.717) is 6.04 Å². The monoisotopic (exact) mass is 209 g/mol. The third kappa shape index (κ3) is 4.86. The number of nitrogens with zero attached hydrogens (tertiary/aromatic N) is 1. The van der Waals surface area contributed by atoms with Gasteiger partial charge in [0.2, 0.25) is 0 Å². The molecule has 1 rings (SSSR count). The summed E-state index contributed by atoms with van der Waals surface area (Å²) in [4.78, 5) is 7.42. The highest BCUT2D eigenvalue weighted by molar-refractivity contribution is 5.26. The molecular weight excluding hydrogens is 186 g/mol. The van der Waals surface area contributed by atoms with Crippen molar-refractivity contribution in [1.29, 1.82) is 0 Å². The van der Waals surface area contributed by atoms with Crippen LogP contribution in [0.3, 0.4) is 0 Å². The van der Waals surface area contributed by atoms with Crippen molar-refractivity contribution < 1.29 is 0 Å². The Morgan fingerprint density at radius 3 is 2.60 bits per heavy atom. The first-order valence-electron chi connectivity index (χ1n) is 5.86. The molecule has 15 heavy (non-hydrogen) atoms. The number of hydrogen-bond acceptors (Lipinski definition) is 2. The van der Waals surface area contributed by atoms with Crippen molar-refractivity contribution >= 4 is 5.95 Å². The van der Waals surface area contributed by atoms with E-state index in [2.05, 4.69) is 36.1 Å². The Balaban J connectivity index is 2.21. The Labute approximate surface area is 92.7 Å². The van der Waals surface area contributed by atoms with Gasteiger partial charge in [-0.1, -0.05) is 26.7 Å². The first kappa shape index (κ1) is 12.1. The van der Waals surface area contributed by atoms with Gasteiger partial charge in [-0.05, 0) is 26.2 Å². The predicted octanol–water partition coefficient (Wildman–Crippen LogP) is 3.34. The maximum Gasteiger partial charge on any atom is 0.200 e. The Morgan fingerprint density at radius 1 is 1.33 bits per heavy atom. The van der Waals surface area contributed by atoms with E-state index in [1.54, 1.807) is 0 Å². The van der Waals surface area contributed by atoms with Gasteiger partial charge in [0.15, 0.2) is 5.95 Å². The molecule has 1 atom stereocenters. The fraction of sp³-hybridized carbons (Fsp3) is 0.750. The number of nitrogens with one attached hydrogen (secondary N) is 2. The fourth-order valence-corrected chi connectivity index (χ4v) is 1.62. The van der Waals surface area contributed by atoms with Crippen LogP contribution in [0.2, 0.25) is 0 Å². The molecule has 1 unspecified atom stereocenters. The molecule has 0 spiro atoms. The molecule has 0 aromatic carbocycles. The molecule has 0 aliphatic carbocycles. The van der Waals surface area contributed by atoms with E-state index >= 15 is 0 Å². The zero-order valence-electron chi connectivity index (χ0n) is 10.3. The number of aromatic nitrogens is 2. The van der Waals surface area contributed by atoms with Crippen molar-refractivity contribution in [2.24, 2.45) is 5.92 Å². The van der Waals surface area contributed by atoms with Crippen LogP contribution >= 0.6 is 0 Å². The van der Waals surface area contributed by atoms with Crippen molar-refractivity contribution in [3.63, 3.8) is 0 Å². The highest BCUT2D eigenvalue weighted by atomic mass is 15.1. The van der Waals surface area contributed by atoms with Crippen LogP contribution in [0.4, 0.5) is 5.95 Å². The Morgan fingerprint density at radius 2 is 2.07 bits per heavy atom. The molecule has 0 saturated heterocycles. The second-order valence-electron chi connectivity index (χ2n) is 4.78. The van der Waals surface area contributed by atoms with Gasteiger partial charge in [0.1, 0.15) is 0 Å². The van der Waals surface area contributed by atoms with Gasteiger partial charge in [0.25, 0.3) is 0 Å². The van der Waals surface area contributed by atoms with Crippen LogP contribution in [0.1, 0.15) is 45.7 Å². The van der Waals surface area contributed by atoms with Gasteiger partial charge >= 0.3 is 0 Å². The molecule has 0 fully saturated rings. The highest BCUT2D eigenvalue weighted by Crippen LogP contribution is 2.11. The van der Waals surface area contributed by atoms with E-state index in [-0.39, 0.29) is 0 Å². The van der Waals surface area contributed by atoms with Gasteiger partial charge in [0, 0.05) is 17.9 Å². The molecule has 1 heterocycles. The molecule has 2 N–H and O–H groups in total. The van der Waals surface area contributed by atoms with E-state index in [1.807, 2.05) is 13.1 Å². The molecule has 0 amide bonds. The highest BCUT2D eigenvalue weighted by Gasteiger charge is 2.04. The maximum atomic E-state index is 4.23. The van der Waals surface area contributed by atoms with Gasteiger partial charge in [-0.15, -0.1) is 0 Å². The SMILES string of the molecule is Cc1cnc(NC(C)CCCC(C)C)[nH]1. The number of aromatic amines is 1. The van der Waals surface area contributed by atoms with Crippen molar-refractivity contribution in [3.8, 4) is 0 Å². The second kappa shape index (κ2) is 5.79. The smallest absolute Gasteiger partial charge is 0.200 e. The molecule has 3 nitrogen and oxygen atoms in total. The zero-order chi connectivity index (χ0) is 11.3. The van der Waals surface area contributed by atoms with Crippen LogP contribution in [-0.4, -0.2) is 16.0 Å². The molecule has 86 valence electrons. The summed E-state index contributed by atoms with van der Waals surface area (Å²) in [6.45, 7) is 8.77. The zero-order valence-corrected chi connectivity index (χ0v) is 10.3. The van der Waals surface area contributed by atoms with Crippen molar-refractivity contribution in [1.82, 2.24) is 9.97 Å². The summed E-state index contributed by atoms with van der Waals surface area (Å²) in [6.07, 6.45) is 5.65. The second-order valence-corrected chi connectivity index (χ2v) is 4.78. The number of anilines is 1. The van der Waals surface area contributed by atoms with E-state index in [0.717, 1.165) is 17.6 Å². The standard InChI is InChI=1S/C12H23N3/c1-9(2)6-5-7-10(3)14-12-13-8-11(4)15-12/h8-10H,5-7H2,1-4H3,(H2,13,14,15). The molecule has 0 saturated carbocycles. The summed E-state index contributed by atoms with van der Waals surface area (Å²) >= 11 is 0. The molecular formula is C12H23N3. The fourth-order valence-electron chi connectivity index (χ4n) is 1.62. The summed E-state index contributed by atoms with van der Waals surface area (Å²) in [5, 5.41) is 3.37. The van der Waals surface area contributed by atoms with Crippen LogP contribution in [0, 0.1) is 12.8 Å². The van der Waals surface area contributed by atoms with Crippen molar-refractivity contribution in [2.45, 2.75) is 53.0 Å². The van der Waals surface area contributed by atoms with E-state index in [9.17, 15) is 0 Å². The van der Waals surface area contributed by atoms with E-state index in [4.69, 9.17) is 0 Å². The number of rotatable bonds is 6. The lowest BCUT2D eigenvalue weighted by molar-refractivity contribution is 0.519. The Bertz CT molecular complexity index is 278. The molecule has 1 aromatic heterocycles. The summed E-state index contributed by atoms with van der Waals surface area (Å²) in [5.74, 6) is 1.70. The summed E-state index contributed by atoms with van der Waals surface area (Å²) < 4.78 is 0. The lowest BCUT2D eigenvalue weighted by Crippen LogP contribution is -2.16. The molecule has 3 heteroatoms. The molecule has 0 aliphatic rings. The number of aryl methyl sites for hydroxylation is 1. The lowest BCUT2D eigenvalue weighted by Gasteiger charge is -2.13. The predicted molar refractivity (Wildman–Crippen MR) is 65.1 cm³/mol. The van der Waals surface area contributed by atoms with Gasteiger partial charge in [-0.2, -0.15) is 0 Å². The van der Waals surface area contributed by atoms with Gasteiger partial charge in [-0.3, -0.25) is 0 Å². The third-order valence-corrected chi connectivity index (χ3v) is 2.50. The van der Waals surface area contributed by atoms with Crippen LogP contribution in [-0.2, 0) is 0 Å². The topological polar surface area (TPSA) is 40.7 Å². The summed E-state index contributed by atoms with van der Waals surface area (Å²) in [5.41, 5.74) is 1.10. The van der Waals surface area contributed by atoms with Crippen molar-refractivity contribution in [3.05, 3.63) is 11.9 Å². The van der Waals surface area contributed by atoms with E-state index < -0.39 is 0 Å². The largest absolute Gasteiger partial charge is 0.353 e. The van der Waals surface area contributed by atoms with E-state index in [1.165, 1.54) is 19.3 Å². The normalized spacial score (nSPS) is 13.1. The quantitative estimate of drug-likeness (QED) is 0.754. The van der Waals surface area contributed by atoms with Gasteiger partial charge in [0.05, 0.1) is 0 Å². The Kier molecular flexibility index (Phi) is 4.66. The van der Waals surface area contributed by atoms with Gasteiger partial charge < -0.3 is 10.3 Å². The van der Waals surface area contributed by atoms with Crippen molar-refractivity contribution in [2.75, 3.05) is 5.32 Å². The first-order valence-corrected chi connectivity index (χ1v) is 5.86. The van der Waals surface area contributed by atoms with Crippen LogP contribution in [0.5, 0.6) is 0 Å².